The number of likely N-dealkylation sites (tertiary alicyclic amines) is 1. The summed E-state index contributed by atoms with van der Waals surface area (Å²) in [5.74, 6) is -0.341. The Morgan fingerprint density at radius 1 is 0.920 bits per heavy atom. The van der Waals surface area contributed by atoms with Crippen molar-refractivity contribution in [2.24, 2.45) is 11.3 Å². The second-order valence-corrected chi connectivity index (χ2v) is 22.5. The number of anilines is 4. The Morgan fingerprint density at radius 2 is 1.73 bits per heavy atom. The molecule has 0 radical (unpaired) electrons. The van der Waals surface area contributed by atoms with Crippen molar-refractivity contribution in [3.63, 3.8) is 0 Å². The van der Waals surface area contributed by atoms with Crippen LogP contribution in [0.15, 0.2) is 102 Å². The van der Waals surface area contributed by atoms with E-state index in [1.54, 1.807) is 12.3 Å². The Kier molecular flexibility index (Phi) is 12.7. The lowest BCUT2D eigenvalue weighted by Gasteiger charge is -2.56. The van der Waals surface area contributed by atoms with E-state index in [4.69, 9.17) is 19.2 Å². The van der Waals surface area contributed by atoms with Gasteiger partial charge in [-0.3, -0.25) is 24.8 Å². The number of nitro benzene ring substituents is 1. The lowest BCUT2D eigenvalue weighted by Crippen LogP contribution is -2.55. The molecule has 0 unspecified atom stereocenters. The highest BCUT2D eigenvalue weighted by atomic mass is 32.2. The maximum atomic E-state index is 14.6. The van der Waals surface area contributed by atoms with Crippen LogP contribution in [0.2, 0.25) is 0 Å². The van der Waals surface area contributed by atoms with E-state index < -0.39 is 55.3 Å². The Hall–Kier alpha value is -6.81. The van der Waals surface area contributed by atoms with Crippen LogP contribution in [0.3, 0.4) is 0 Å². The molecule has 1 amide bonds. The summed E-state index contributed by atoms with van der Waals surface area (Å²) in [5.41, 5.74) is 4.11. The smallest absolute Gasteiger partial charge is 0.417 e. The molecule has 3 atom stereocenters. The molecule has 0 bridgehead atoms. The molecule has 1 aliphatic carbocycles. The molecule has 17 nitrogen and oxygen atoms in total. The minimum atomic E-state index is -4.64. The van der Waals surface area contributed by atoms with Crippen molar-refractivity contribution < 1.29 is 45.5 Å². The third kappa shape index (κ3) is 9.41. The molecule has 1 spiro atoms. The van der Waals surface area contributed by atoms with Gasteiger partial charge in [-0.15, -0.1) is 0 Å². The standard InChI is InChI=1S/C54H56F3N9O8S/c55-54(56,57)35-7-11-42(60-30-35)39-4-1-2-5-40(39)44-6-3-19-64(44)37-27-53(28-37)16-20-63(21-17-53)36-8-10-41(45(25-36)65-47-24-34-13-18-58-50(34)61-52(47)74-49-32-73-31-48(49)65)51(67)62-75(70,71)38-9-12-43(46(26-38)66(68)69)59-29-33-14-22-72-23-15-33/h1-2,4-5,7-13,18,24-26,30,33,37,44,48-49,59H,3,6,14-17,19-23,27-29,31-32H2,(H,58,61)(H,62,67)/t44-,48+,49+/m0/s1. The maximum absolute atomic E-state index is 14.6. The lowest BCUT2D eigenvalue weighted by molar-refractivity contribution is -0.384. The average Bonchev–Trinajstić information content (AvgIpc) is 4.20. The van der Waals surface area contributed by atoms with Gasteiger partial charge in [0.15, 0.2) is 0 Å². The molecule has 6 aliphatic rings. The number of sulfonamides is 1. The maximum Gasteiger partial charge on any atom is 0.417 e. The van der Waals surface area contributed by atoms with E-state index in [-0.39, 0.29) is 41.8 Å². The number of aromatic nitrogens is 3. The number of piperidine rings is 1. The number of rotatable bonds is 12. The van der Waals surface area contributed by atoms with E-state index in [1.165, 1.54) is 18.2 Å². The molecule has 5 aliphatic heterocycles. The van der Waals surface area contributed by atoms with Gasteiger partial charge in [-0.1, -0.05) is 24.3 Å². The number of carbonyl (C=O) groups excluding carboxylic acids is 1. The molecule has 75 heavy (non-hydrogen) atoms. The summed E-state index contributed by atoms with van der Waals surface area (Å²) in [7, 11) is -4.64. The minimum absolute atomic E-state index is 0.0606. The van der Waals surface area contributed by atoms with Crippen LogP contribution >= 0.6 is 0 Å². The zero-order valence-electron chi connectivity index (χ0n) is 40.9. The molecule has 21 heteroatoms. The number of nitrogens with one attached hydrogen (secondary N) is 3. The molecule has 3 N–H and O–H groups in total. The summed E-state index contributed by atoms with van der Waals surface area (Å²) in [6.45, 7) is 4.65. The van der Waals surface area contributed by atoms with Crippen molar-refractivity contribution in [3.05, 3.63) is 124 Å². The van der Waals surface area contributed by atoms with Crippen LogP contribution < -0.4 is 24.6 Å². The number of carbonyl (C=O) groups is 1. The Balaban J connectivity index is 0.796. The second kappa shape index (κ2) is 19.4. The summed E-state index contributed by atoms with van der Waals surface area (Å²) in [6, 6.07) is 23.4. The normalized spacial score (nSPS) is 22.1. The highest BCUT2D eigenvalue weighted by molar-refractivity contribution is 7.90. The Bertz CT molecular complexity index is 3260. The predicted octanol–water partition coefficient (Wildman–Crippen LogP) is 9.39. The zero-order chi connectivity index (χ0) is 51.6. The fourth-order valence-corrected chi connectivity index (χ4v) is 13.4. The topological polar surface area (TPSA) is 197 Å². The molecule has 12 rings (SSSR count). The molecule has 392 valence electrons. The van der Waals surface area contributed by atoms with Gasteiger partial charge in [0, 0.05) is 80.0 Å². The van der Waals surface area contributed by atoms with Gasteiger partial charge >= 0.3 is 6.18 Å². The van der Waals surface area contributed by atoms with Gasteiger partial charge in [-0.05, 0) is 129 Å². The number of benzene rings is 3. The first-order chi connectivity index (χ1) is 36.2. The van der Waals surface area contributed by atoms with Gasteiger partial charge in [0.1, 0.15) is 23.1 Å². The van der Waals surface area contributed by atoms with Crippen molar-refractivity contribution in [1.29, 1.82) is 0 Å². The SMILES string of the molecule is O=C(NS(=O)(=O)c1ccc(NCC2CCOCC2)c([N+](=O)[O-])c1)c1ccc(N2CCC3(CC2)CC(N2CCC[C@H]2c2ccccc2-c2ccc(C(F)(F)F)cn2)C3)cc1N1c2cc3cc[nH]c3nc2O[C@@H]2COC[C@H]21. The van der Waals surface area contributed by atoms with E-state index in [0.29, 0.717) is 54.4 Å². The van der Waals surface area contributed by atoms with E-state index >= 15 is 0 Å². The minimum Gasteiger partial charge on any atom is -0.468 e. The molecule has 4 saturated heterocycles. The summed E-state index contributed by atoms with van der Waals surface area (Å²) < 4.78 is 88.5. The number of H-pyrrole nitrogens is 1. The van der Waals surface area contributed by atoms with Gasteiger partial charge in [-0.25, -0.2) is 13.1 Å². The number of hydrogen-bond acceptors (Lipinski definition) is 14. The Labute approximate surface area is 431 Å². The number of amides is 1. The number of alkyl halides is 3. The fraction of sp³-hybridized carbons (Fsp3) is 0.426. The summed E-state index contributed by atoms with van der Waals surface area (Å²) in [5, 5.41) is 16.2. The number of aromatic amines is 1. The van der Waals surface area contributed by atoms with Gasteiger partial charge in [0.2, 0.25) is 5.88 Å². The average molecular weight is 1050 g/mol. The van der Waals surface area contributed by atoms with Crippen LogP contribution in [-0.4, -0.2) is 110 Å². The van der Waals surface area contributed by atoms with Gasteiger partial charge in [-0.2, -0.15) is 18.2 Å². The van der Waals surface area contributed by atoms with Crippen LogP contribution in [0.25, 0.3) is 22.3 Å². The van der Waals surface area contributed by atoms with Crippen LogP contribution in [0.4, 0.5) is 41.6 Å². The van der Waals surface area contributed by atoms with E-state index in [0.717, 1.165) is 112 Å². The lowest BCUT2D eigenvalue weighted by atomic mass is 9.59. The van der Waals surface area contributed by atoms with Crippen molar-refractivity contribution in [2.45, 2.75) is 86.7 Å². The number of pyridine rings is 2. The highest BCUT2D eigenvalue weighted by Crippen LogP contribution is 2.55. The number of fused-ring (bicyclic) bond motifs is 3. The number of nitro groups is 1. The van der Waals surface area contributed by atoms with E-state index in [1.807, 2.05) is 47.4 Å². The van der Waals surface area contributed by atoms with Crippen LogP contribution in [-0.2, 0) is 25.7 Å². The highest BCUT2D eigenvalue weighted by Gasteiger charge is 2.50. The first-order valence-corrected chi connectivity index (χ1v) is 27.1. The van der Waals surface area contributed by atoms with Crippen LogP contribution in [0.5, 0.6) is 5.88 Å². The van der Waals surface area contributed by atoms with Crippen LogP contribution in [0.1, 0.15) is 78.9 Å². The molecule has 6 aromatic rings. The van der Waals surface area contributed by atoms with Crippen molar-refractivity contribution >= 4 is 55.4 Å². The van der Waals surface area contributed by atoms with Gasteiger partial charge < -0.3 is 34.3 Å². The number of ether oxygens (including phenoxy) is 3. The summed E-state index contributed by atoms with van der Waals surface area (Å²) in [6.07, 6.45) is 5.30. The van der Waals surface area contributed by atoms with Crippen LogP contribution in [0, 0.1) is 21.4 Å². The van der Waals surface area contributed by atoms with Crippen molar-refractivity contribution in [3.8, 4) is 17.1 Å². The number of hydrogen-bond donors (Lipinski definition) is 3. The molecule has 5 fully saturated rings. The first kappa shape index (κ1) is 49.1. The van der Waals surface area contributed by atoms with Gasteiger partial charge in [0.05, 0.1) is 51.6 Å². The zero-order valence-corrected chi connectivity index (χ0v) is 41.7. The molecular weight excluding hydrogens is 992 g/mol. The molecule has 3 aromatic heterocycles. The molecular formula is C54H56F3N9O8S. The summed E-state index contributed by atoms with van der Waals surface area (Å²) in [4.78, 5) is 44.9. The fourth-order valence-electron chi connectivity index (χ4n) is 12.4. The first-order valence-electron chi connectivity index (χ1n) is 25.7. The third-order valence-corrected chi connectivity index (χ3v) is 17.8. The Morgan fingerprint density at radius 3 is 2.51 bits per heavy atom. The molecule has 3 aromatic carbocycles. The predicted molar refractivity (Wildman–Crippen MR) is 274 cm³/mol. The van der Waals surface area contributed by atoms with E-state index in [9.17, 15) is 36.5 Å². The monoisotopic (exact) mass is 1050 g/mol. The molecule has 8 heterocycles. The van der Waals surface area contributed by atoms with E-state index in [2.05, 4.69) is 35.9 Å². The largest absolute Gasteiger partial charge is 0.468 e. The quantitative estimate of drug-likeness (QED) is 0.0774. The number of nitrogens with zero attached hydrogens (tertiary/aromatic N) is 6. The molecule has 1 saturated carbocycles. The summed E-state index contributed by atoms with van der Waals surface area (Å²) >= 11 is 0. The third-order valence-electron chi connectivity index (χ3n) is 16.4. The van der Waals surface area contributed by atoms with Crippen molar-refractivity contribution in [2.75, 3.05) is 67.7 Å². The van der Waals surface area contributed by atoms with Crippen molar-refractivity contribution in [1.82, 2.24) is 24.6 Å². The van der Waals surface area contributed by atoms with Gasteiger partial charge in [0.25, 0.3) is 21.6 Å². The second-order valence-electron chi connectivity index (χ2n) is 20.8. The number of halogens is 3.